The first-order valence-corrected chi connectivity index (χ1v) is 6.93. The van der Waals surface area contributed by atoms with Gasteiger partial charge in [-0.15, -0.1) is 0 Å². The maximum Gasteiger partial charge on any atom is 0.307 e. The minimum absolute atomic E-state index is 0.0798. The molecule has 2 rings (SSSR count). The summed E-state index contributed by atoms with van der Waals surface area (Å²) < 4.78 is 0. The van der Waals surface area contributed by atoms with E-state index in [2.05, 4.69) is 0 Å². The van der Waals surface area contributed by atoms with Crippen LogP contribution in [-0.4, -0.2) is 22.2 Å². The van der Waals surface area contributed by atoms with Gasteiger partial charge in [0.05, 0.1) is 5.92 Å². The molecule has 2 atom stereocenters. The summed E-state index contributed by atoms with van der Waals surface area (Å²) in [6.45, 7) is 0. The normalized spacial score (nSPS) is 22.7. The summed E-state index contributed by atoms with van der Waals surface area (Å²) in [4.78, 5) is 23.8. The molecule has 0 amide bonds. The molecule has 3 nitrogen and oxygen atoms in total. The van der Waals surface area contributed by atoms with Crippen LogP contribution < -0.4 is 0 Å². The zero-order chi connectivity index (χ0) is 13.8. The summed E-state index contributed by atoms with van der Waals surface area (Å²) >= 11 is 4.91. The Morgan fingerprint density at radius 3 is 2.42 bits per heavy atom. The highest BCUT2D eigenvalue weighted by molar-refractivity contribution is 7.79. The molecule has 0 aromatic heterocycles. The van der Waals surface area contributed by atoms with Crippen molar-refractivity contribution in [2.24, 2.45) is 11.8 Å². The van der Waals surface area contributed by atoms with Crippen molar-refractivity contribution in [2.45, 2.75) is 25.7 Å². The second-order valence-corrected chi connectivity index (χ2v) is 5.14. The number of thiocarbonyl (C=S) groups is 1. The first-order valence-electron chi connectivity index (χ1n) is 6.46. The van der Waals surface area contributed by atoms with Crippen molar-refractivity contribution in [1.29, 1.82) is 0 Å². The molecule has 100 valence electrons. The summed E-state index contributed by atoms with van der Waals surface area (Å²) in [6.07, 6.45) is 3.04. The number of carbonyl (C=O) groups is 2. The largest absolute Gasteiger partial charge is 0.481 e. The summed E-state index contributed by atoms with van der Waals surface area (Å²) in [5, 5.41) is 10.7. The lowest BCUT2D eigenvalue weighted by atomic mass is 9.75. The number of ketones is 1. The first kappa shape index (κ1) is 13.9. The molecule has 0 unspecified atom stereocenters. The van der Waals surface area contributed by atoms with E-state index in [1.54, 1.807) is 18.2 Å². The third-order valence-electron chi connectivity index (χ3n) is 3.77. The molecule has 19 heavy (non-hydrogen) atoms. The lowest BCUT2D eigenvalue weighted by molar-refractivity contribution is -0.144. The van der Waals surface area contributed by atoms with Crippen LogP contribution in [0.1, 0.15) is 41.6 Å². The van der Waals surface area contributed by atoms with Crippen molar-refractivity contribution in [3.8, 4) is 0 Å². The van der Waals surface area contributed by atoms with Crippen LogP contribution in [-0.2, 0) is 4.79 Å². The Bertz CT molecular complexity index is 510. The molecule has 1 aliphatic rings. The molecule has 4 heteroatoms. The van der Waals surface area contributed by atoms with Gasteiger partial charge in [-0.05, 0) is 18.4 Å². The number of benzene rings is 1. The number of carbonyl (C=O) groups excluding carboxylic acids is 1. The van der Waals surface area contributed by atoms with Gasteiger partial charge in [-0.1, -0.05) is 49.3 Å². The number of aliphatic carboxylic acids is 1. The monoisotopic (exact) mass is 276 g/mol. The Kier molecular flexibility index (Phi) is 4.43. The molecular weight excluding hydrogens is 260 g/mol. The Morgan fingerprint density at radius 1 is 1.16 bits per heavy atom. The maximum atomic E-state index is 12.6. The average Bonchev–Trinajstić information content (AvgIpc) is 2.46. The summed E-state index contributed by atoms with van der Waals surface area (Å²) in [6, 6.07) is 7.13. The Balaban J connectivity index is 2.31. The van der Waals surface area contributed by atoms with E-state index in [1.165, 1.54) is 5.37 Å². The molecule has 0 aliphatic heterocycles. The lowest BCUT2D eigenvalue weighted by Crippen LogP contribution is -2.33. The summed E-state index contributed by atoms with van der Waals surface area (Å²) in [5.41, 5.74) is 1.26. The predicted octanol–water partition coefficient (Wildman–Crippen LogP) is 3.11. The molecule has 1 aliphatic carbocycles. The smallest absolute Gasteiger partial charge is 0.307 e. The second-order valence-electron chi connectivity index (χ2n) is 4.91. The molecule has 0 bridgehead atoms. The van der Waals surface area contributed by atoms with E-state index in [4.69, 9.17) is 12.2 Å². The van der Waals surface area contributed by atoms with E-state index in [1.807, 2.05) is 6.07 Å². The molecule has 0 radical (unpaired) electrons. The van der Waals surface area contributed by atoms with Crippen LogP contribution in [0.15, 0.2) is 24.3 Å². The number of rotatable bonds is 4. The zero-order valence-electron chi connectivity index (χ0n) is 10.5. The van der Waals surface area contributed by atoms with Crippen molar-refractivity contribution in [3.05, 3.63) is 35.4 Å². The molecular formula is C15H16O3S. The van der Waals surface area contributed by atoms with Gasteiger partial charge in [0.15, 0.2) is 5.78 Å². The molecule has 1 fully saturated rings. The lowest BCUT2D eigenvalue weighted by Gasteiger charge is -2.27. The van der Waals surface area contributed by atoms with Crippen LogP contribution in [0.3, 0.4) is 0 Å². The van der Waals surface area contributed by atoms with E-state index in [0.717, 1.165) is 12.8 Å². The van der Waals surface area contributed by atoms with E-state index < -0.39 is 17.8 Å². The van der Waals surface area contributed by atoms with Gasteiger partial charge >= 0.3 is 5.97 Å². The summed E-state index contributed by atoms with van der Waals surface area (Å²) in [5.74, 6) is -1.91. The fraction of sp³-hybridized carbons (Fsp3) is 0.400. The zero-order valence-corrected chi connectivity index (χ0v) is 11.4. The van der Waals surface area contributed by atoms with Gasteiger partial charge < -0.3 is 5.11 Å². The Morgan fingerprint density at radius 2 is 1.79 bits per heavy atom. The summed E-state index contributed by atoms with van der Waals surface area (Å²) in [7, 11) is 0. The van der Waals surface area contributed by atoms with Gasteiger partial charge in [0.1, 0.15) is 0 Å². The average molecular weight is 276 g/mol. The Hall–Kier alpha value is -1.55. The highest BCUT2D eigenvalue weighted by Crippen LogP contribution is 2.33. The SMILES string of the molecule is O=C(c1ccccc1C=S)[C@H]1CCCC[C@H]1C(=O)O. The minimum Gasteiger partial charge on any atom is -0.481 e. The van der Waals surface area contributed by atoms with Crippen LogP contribution in [0.2, 0.25) is 0 Å². The Labute approximate surface area is 117 Å². The quantitative estimate of drug-likeness (QED) is 0.678. The van der Waals surface area contributed by atoms with Crippen LogP contribution >= 0.6 is 12.2 Å². The fourth-order valence-electron chi connectivity index (χ4n) is 2.76. The molecule has 0 spiro atoms. The number of carboxylic acids is 1. The van der Waals surface area contributed by atoms with Crippen molar-refractivity contribution in [3.63, 3.8) is 0 Å². The van der Waals surface area contributed by atoms with Crippen LogP contribution in [0.25, 0.3) is 0 Å². The van der Waals surface area contributed by atoms with Gasteiger partial charge in [0.25, 0.3) is 0 Å². The highest BCUT2D eigenvalue weighted by Gasteiger charge is 2.36. The topological polar surface area (TPSA) is 54.4 Å². The third-order valence-corrected chi connectivity index (χ3v) is 4.03. The second kappa shape index (κ2) is 6.06. The van der Waals surface area contributed by atoms with Crippen molar-refractivity contribution >= 4 is 29.3 Å². The molecule has 0 saturated heterocycles. The van der Waals surface area contributed by atoms with Crippen molar-refractivity contribution in [2.75, 3.05) is 0 Å². The maximum absolute atomic E-state index is 12.6. The van der Waals surface area contributed by atoms with Crippen LogP contribution in [0.4, 0.5) is 0 Å². The van der Waals surface area contributed by atoms with E-state index in [-0.39, 0.29) is 5.78 Å². The van der Waals surface area contributed by atoms with Gasteiger partial charge in [-0.25, -0.2) is 0 Å². The molecule has 1 aromatic carbocycles. The van der Waals surface area contributed by atoms with Gasteiger partial charge in [-0.2, -0.15) is 0 Å². The standard InChI is InChI=1S/C15H16O3S/c16-14(11-6-2-1-5-10(11)9-19)12-7-3-4-8-13(12)15(17)18/h1-2,5-6,9,12-13H,3-4,7-8H2,(H,17,18)/t12-,13+/m0/s1. The van der Waals surface area contributed by atoms with E-state index in [9.17, 15) is 14.7 Å². The van der Waals surface area contributed by atoms with Gasteiger partial charge in [-0.3, -0.25) is 9.59 Å². The highest BCUT2D eigenvalue weighted by atomic mass is 32.1. The molecule has 1 N–H and O–H groups in total. The first-order chi connectivity index (χ1) is 9.15. The number of hydrogen-bond donors (Lipinski definition) is 1. The number of hydrogen-bond acceptors (Lipinski definition) is 3. The van der Waals surface area contributed by atoms with Crippen molar-refractivity contribution in [1.82, 2.24) is 0 Å². The van der Waals surface area contributed by atoms with Gasteiger partial charge in [0.2, 0.25) is 0 Å². The minimum atomic E-state index is -0.863. The predicted molar refractivity (Wildman–Crippen MR) is 76.6 cm³/mol. The van der Waals surface area contributed by atoms with Crippen LogP contribution in [0, 0.1) is 11.8 Å². The van der Waals surface area contributed by atoms with Gasteiger partial charge in [0, 0.05) is 16.8 Å². The molecule has 0 heterocycles. The number of Topliss-reactive ketones (excluding diaryl/α,β-unsaturated/α-hetero) is 1. The van der Waals surface area contributed by atoms with Crippen LogP contribution in [0.5, 0.6) is 0 Å². The van der Waals surface area contributed by atoms with E-state index in [0.29, 0.717) is 24.0 Å². The number of carboxylic acid groups (broad SMARTS) is 1. The molecule has 1 aromatic rings. The fourth-order valence-corrected chi connectivity index (χ4v) is 2.97. The van der Waals surface area contributed by atoms with E-state index >= 15 is 0 Å². The third kappa shape index (κ3) is 2.89. The van der Waals surface area contributed by atoms with Crippen molar-refractivity contribution < 1.29 is 14.7 Å². The molecule has 1 saturated carbocycles.